The summed E-state index contributed by atoms with van der Waals surface area (Å²) in [6, 6.07) is 22.9. The molecule has 2 aromatic carbocycles. The van der Waals surface area contributed by atoms with E-state index >= 15 is 0 Å². The van der Waals surface area contributed by atoms with E-state index in [1.165, 1.54) is 15.1 Å². The molecule has 0 amide bonds. The standard InChI is InChI=1S/C29H41IN8S2/c1-36(2)27-15-11-25(12-16-27)33-32-20-8-5-7-19-31-30-24-40-39-23-22-38-21-9-6-10-29(38)35-34-26-13-17-28(18-14-26)37(3)4/h5-19,21,32-34H,20,22-24,31H2,1-4H3/p+1. The van der Waals surface area contributed by atoms with Crippen LogP contribution >= 0.6 is 21.6 Å². The molecule has 3 aromatic rings. The zero-order valence-electron chi connectivity index (χ0n) is 23.7. The molecule has 0 saturated heterocycles. The van der Waals surface area contributed by atoms with Gasteiger partial charge in [-0.05, 0) is 0 Å². The Morgan fingerprint density at radius 1 is 0.800 bits per heavy atom. The molecule has 1 aromatic heterocycles. The van der Waals surface area contributed by atoms with Crippen molar-refractivity contribution in [3.05, 3.63) is 97.4 Å². The van der Waals surface area contributed by atoms with Crippen molar-refractivity contribution >= 4 is 50.2 Å². The van der Waals surface area contributed by atoms with Gasteiger partial charge < -0.3 is 9.80 Å². The van der Waals surface area contributed by atoms with E-state index in [0.717, 1.165) is 36.0 Å². The average Bonchev–Trinajstić information content (AvgIpc) is 2.97. The molecular weight excluding hydrogens is 651 g/mol. The summed E-state index contributed by atoms with van der Waals surface area (Å²) in [7, 11) is 12.1. The number of allylic oxidation sites excluding steroid dienone is 2. The molecule has 0 aliphatic rings. The third kappa shape index (κ3) is 12.3. The van der Waals surface area contributed by atoms with Crippen LogP contribution in [0.25, 0.3) is 0 Å². The van der Waals surface area contributed by atoms with Crippen molar-refractivity contribution in [2.24, 2.45) is 0 Å². The Kier molecular flexibility index (Phi) is 14.9. The number of nitrogens with two attached hydrogens (primary N) is 1. The molecule has 0 fully saturated rings. The van der Waals surface area contributed by atoms with Crippen LogP contribution < -0.4 is 61.1 Å². The number of hydrogen-bond donors (Lipinski definition) is 5. The molecule has 11 heteroatoms. The van der Waals surface area contributed by atoms with Crippen LogP contribution in [-0.4, -0.2) is 44.2 Å². The second kappa shape index (κ2) is 18.7. The molecule has 6 N–H and O–H groups in total. The van der Waals surface area contributed by atoms with E-state index in [4.69, 9.17) is 0 Å². The van der Waals surface area contributed by atoms with Crippen LogP contribution in [0.5, 0.6) is 0 Å². The Morgan fingerprint density at radius 3 is 2.15 bits per heavy atom. The number of anilines is 5. The van der Waals surface area contributed by atoms with E-state index in [1.807, 2.05) is 49.8 Å². The first kappa shape index (κ1) is 31.9. The summed E-state index contributed by atoms with van der Waals surface area (Å²) >= 11 is 0.0714. The summed E-state index contributed by atoms with van der Waals surface area (Å²) in [5.74, 6) is 2.11. The molecule has 0 unspecified atom stereocenters. The van der Waals surface area contributed by atoms with Gasteiger partial charge in [-0.15, -0.1) is 0 Å². The molecule has 0 atom stereocenters. The van der Waals surface area contributed by atoms with Gasteiger partial charge in [0.15, 0.2) is 0 Å². The molecule has 0 saturated carbocycles. The number of halogens is 1. The quantitative estimate of drug-likeness (QED) is 0.0199. The summed E-state index contributed by atoms with van der Waals surface area (Å²) in [6.45, 7) is 1.72. The third-order valence-corrected chi connectivity index (χ3v) is 11.9. The van der Waals surface area contributed by atoms with Gasteiger partial charge in [-0.2, -0.15) is 0 Å². The molecule has 3 rings (SSSR count). The van der Waals surface area contributed by atoms with E-state index in [2.05, 4.69) is 137 Å². The molecular formula is C29H42IN8S2+. The van der Waals surface area contributed by atoms with Crippen molar-refractivity contribution in [1.82, 2.24) is 5.43 Å². The summed E-state index contributed by atoms with van der Waals surface area (Å²) in [4.78, 5) is 4.19. The number of aromatic nitrogens is 1. The number of benzene rings is 2. The van der Waals surface area contributed by atoms with Crippen molar-refractivity contribution in [1.29, 1.82) is 0 Å². The van der Waals surface area contributed by atoms with E-state index in [1.54, 1.807) is 0 Å². The van der Waals surface area contributed by atoms with E-state index in [0.29, 0.717) is 0 Å². The SMILES string of the molecule is CN(C)c1ccc(NNCC=CC=C[NH2+][I-]CSSCC[n+]2ccccc2NNc2ccc(N(C)C)cc2)cc1. The minimum absolute atomic E-state index is 0.0714. The summed E-state index contributed by atoms with van der Waals surface area (Å²) in [6.07, 6.45) is 10.6. The van der Waals surface area contributed by atoms with Crippen LogP contribution in [0.1, 0.15) is 0 Å². The summed E-state index contributed by atoms with van der Waals surface area (Å²) < 4.78 is 5.79. The Balaban J connectivity index is 1.21. The minimum atomic E-state index is 0.0714. The van der Waals surface area contributed by atoms with Crippen LogP contribution in [0.3, 0.4) is 0 Å². The Bertz CT molecular complexity index is 1170. The number of alkyl halides is 1. The number of pyridine rings is 1. The second-order valence-electron chi connectivity index (χ2n) is 9.06. The Morgan fingerprint density at radius 2 is 1.48 bits per heavy atom. The van der Waals surface area contributed by atoms with Gasteiger partial charge in [0.25, 0.3) is 0 Å². The van der Waals surface area contributed by atoms with E-state index < -0.39 is 0 Å². The molecule has 0 aliphatic heterocycles. The maximum absolute atomic E-state index is 3.35. The van der Waals surface area contributed by atoms with Crippen LogP contribution in [0, 0.1) is 0 Å². The Labute approximate surface area is 258 Å². The van der Waals surface area contributed by atoms with Gasteiger partial charge in [-0.1, -0.05) is 0 Å². The van der Waals surface area contributed by atoms with Gasteiger partial charge in [0.05, 0.1) is 0 Å². The van der Waals surface area contributed by atoms with Gasteiger partial charge in [-0.3, -0.25) is 0 Å². The number of rotatable bonds is 18. The zero-order valence-corrected chi connectivity index (χ0v) is 27.5. The van der Waals surface area contributed by atoms with Crippen molar-refractivity contribution in [2.45, 2.75) is 6.54 Å². The maximum atomic E-state index is 3.35. The van der Waals surface area contributed by atoms with Crippen LogP contribution in [0.2, 0.25) is 0 Å². The molecule has 0 radical (unpaired) electrons. The number of nitrogens with one attached hydrogen (secondary N) is 4. The van der Waals surface area contributed by atoms with Gasteiger partial charge in [0.2, 0.25) is 0 Å². The fourth-order valence-corrected chi connectivity index (χ4v) is 9.00. The number of nitrogens with zero attached hydrogens (tertiary/aromatic N) is 3. The second-order valence-corrected chi connectivity index (χ2v) is 15.0. The molecule has 216 valence electrons. The van der Waals surface area contributed by atoms with Crippen LogP contribution in [0.15, 0.2) is 97.4 Å². The number of hydrogen-bond acceptors (Lipinski definition) is 8. The molecule has 1 heterocycles. The topological polar surface area (TPSA) is 75.1 Å². The number of quaternary nitrogens is 1. The van der Waals surface area contributed by atoms with Crippen molar-refractivity contribution < 1.29 is 29.6 Å². The van der Waals surface area contributed by atoms with E-state index in [-0.39, 0.29) is 21.5 Å². The monoisotopic (exact) mass is 693 g/mol. The van der Waals surface area contributed by atoms with Crippen LogP contribution in [-0.2, 0) is 6.54 Å². The van der Waals surface area contributed by atoms with Gasteiger partial charge >= 0.3 is 216 Å². The first-order valence-corrected chi connectivity index (χ1v) is 18.3. The number of hydrazine groups is 2. The van der Waals surface area contributed by atoms with E-state index in [9.17, 15) is 0 Å². The van der Waals surface area contributed by atoms with Crippen molar-refractivity contribution in [3.8, 4) is 0 Å². The molecule has 8 nitrogen and oxygen atoms in total. The Hall–Kier alpha value is -2.58. The average molecular weight is 694 g/mol. The summed E-state index contributed by atoms with van der Waals surface area (Å²) in [5, 5.41) is 0. The molecule has 0 spiro atoms. The number of aryl methyl sites for hydroxylation is 1. The van der Waals surface area contributed by atoms with Gasteiger partial charge in [-0.25, -0.2) is 0 Å². The predicted octanol–water partition coefficient (Wildman–Crippen LogP) is 1.14. The first-order chi connectivity index (χ1) is 19.5. The van der Waals surface area contributed by atoms with Crippen molar-refractivity contribution in [3.63, 3.8) is 0 Å². The van der Waals surface area contributed by atoms with Crippen LogP contribution in [0.4, 0.5) is 28.6 Å². The first-order valence-electron chi connectivity index (χ1n) is 13.0. The summed E-state index contributed by atoms with van der Waals surface area (Å²) in [5.41, 5.74) is 17.5. The predicted molar refractivity (Wildman–Crippen MR) is 172 cm³/mol. The van der Waals surface area contributed by atoms with Gasteiger partial charge in [0, 0.05) is 33.9 Å². The van der Waals surface area contributed by atoms with Crippen molar-refractivity contribution in [2.75, 3.05) is 70.3 Å². The molecule has 0 aliphatic carbocycles. The third-order valence-electron chi connectivity index (χ3n) is 5.62. The molecule has 40 heavy (non-hydrogen) atoms. The molecule has 0 bridgehead atoms. The fraction of sp³-hybridized carbons (Fsp3) is 0.276. The van der Waals surface area contributed by atoms with Gasteiger partial charge in [0.1, 0.15) is 0 Å². The fourth-order valence-electron chi connectivity index (χ4n) is 3.41. The normalized spacial score (nSPS) is 11.3. The zero-order chi connectivity index (χ0) is 28.4.